The molecule has 1 N–H and O–H groups in total. The average molecular weight is 322 g/mol. The summed E-state index contributed by atoms with van der Waals surface area (Å²) in [6.07, 6.45) is 1.32. The van der Waals surface area contributed by atoms with Gasteiger partial charge in [-0.05, 0) is 35.4 Å². The molecule has 1 heterocycles. The molecule has 0 bridgehead atoms. The van der Waals surface area contributed by atoms with Gasteiger partial charge >= 0.3 is 5.88 Å². The van der Waals surface area contributed by atoms with Gasteiger partial charge in [-0.2, -0.15) is 0 Å². The normalized spacial score (nSPS) is 11.9. The van der Waals surface area contributed by atoms with Crippen molar-refractivity contribution in [2.24, 2.45) is 0 Å². The number of hydrogen-bond donors (Lipinski definition) is 1. The van der Waals surface area contributed by atoms with E-state index >= 15 is 0 Å². The standard InChI is InChI=1S/C19H18N2O3/c1-14(16-10-9-15-6-2-3-7-17(15)12-16)20-18(22)13-24-19-8-4-5-11-21(19)23/h2-12,14H,13H2,1H3,(H,20,22)/t14-/m0/s1. The van der Waals surface area contributed by atoms with Crippen LogP contribution in [0.3, 0.4) is 0 Å². The lowest BCUT2D eigenvalue weighted by molar-refractivity contribution is -0.612. The van der Waals surface area contributed by atoms with Crippen molar-refractivity contribution in [2.45, 2.75) is 13.0 Å². The van der Waals surface area contributed by atoms with Crippen LogP contribution in [0.15, 0.2) is 66.9 Å². The van der Waals surface area contributed by atoms with E-state index in [1.807, 2.05) is 43.3 Å². The Morgan fingerprint density at radius 2 is 1.88 bits per heavy atom. The van der Waals surface area contributed by atoms with Gasteiger partial charge in [0.15, 0.2) is 12.8 Å². The van der Waals surface area contributed by atoms with E-state index in [0.29, 0.717) is 4.73 Å². The van der Waals surface area contributed by atoms with E-state index in [-0.39, 0.29) is 24.4 Å². The van der Waals surface area contributed by atoms with Gasteiger partial charge in [0.2, 0.25) is 0 Å². The fraction of sp³-hybridized carbons (Fsp3) is 0.158. The minimum Gasteiger partial charge on any atom is -0.616 e. The Morgan fingerprint density at radius 1 is 1.12 bits per heavy atom. The second-order valence-corrected chi connectivity index (χ2v) is 5.55. The van der Waals surface area contributed by atoms with Crippen LogP contribution in [0.5, 0.6) is 5.88 Å². The molecule has 24 heavy (non-hydrogen) atoms. The van der Waals surface area contributed by atoms with Gasteiger partial charge in [0.25, 0.3) is 5.91 Å². The summed E-state index contributed by atoms with van der Waals surface area (Å²) in [6.45, 7) is 1.71. The highest BCUT2D eigenvalue weighted by Crippen LogP contribution is 2.20. The van der Waals surface area contributed by atoms with E-state index < -0.39 is 0 Å². The SMILES string of the molecule is C[C@H](NC(=O)COc1cccc[n+]1[O-])c1ccc2ccccc2c1. The zero-order chi connectivity index (χ0) is 16.9. The smallest absolute Gasteiger partial charge is 0.379 e. The molecule has 1 amide bonds. The molecule has 5 heteroatoms. The lowest BCUT2D eigenvalue weighted by Gasteiger charge is -2.15. The summed E-state index contributed by atoms with van der Waals surface area (Å²) in [5.74, 6) is -0.175. The summed E-state index contributed by atoms with van der Waals surface area (Å²) in [5, 5.41) is 16.6. The maximum atomic E-state index is 12.0. The van der Waals surface area contributed by atoms with Crippen molar-refractivity contribution in [3.05, 3.63) is 77.6 Å². The van der Waals surface area contributed by atoms with Crippen LogP contribution >= 0.6 is 0 Å². The predicted molar refractivity (Wildman–Crippen MR) is 91.4 cm³/mol. The van der Waals surface area contributed by atoms with Crippen molar-refractivity contribution in [1.82, 2.24) is 5.32 Å². The van der Waals surface area contributed by atoms with E-state index in [4.69, 9.17) is 4.74 Å². The van der Waals surface area contributed by atoms with Crippen LogP contribution in [-0.4, -0.2) is 12.5 Å². The summed E-state index contributed by atoms with van der Waals surface area (Å²) in [6, 6.07) is 18.8. The predicted octanol–water partition coefficient (Wildman–Crippen LogP) is 2.73. The zero-order valence-electron chi connectivity index (χ0n) is 13.3. The number of rotatable bonds is 5. The molecule has 3 rings (SSSR count). The first-order valence-corrected chi connectivity index (χ1v) is 7.72. The molecule has 0 spiro atoms. The Balaban J connectivity index is 1.61. The third kappa shape index (κ3) is 3.63. The van der Waals surface area contributed by atoms with Crippen LogP contribution in [-0.2, 0) is 4.79 Å². The summed E-state index contributed by atoms with van der Waals surface area (Å²) in [4.78, 5) is 12.0. The van der Waals surface area contributed by atoms with Gasteiger partial charge in [0, 0.05) is 6.07 Å². The maximum Gasteiger partial charge on any atom is 0.379 e. The first kappa shape index (κ1) is 15.8. The van der Waals surface area contributed by atoms with Gasteiger partial charge in [0.1, 0.15) is 0 Å². The molecule has 0 unspecified atom stereocenters. The highest BCUT2D eigenvalue weighted by molar-refractivity contribution is 5.83. The number of aromatic nitrogens is 1. The minimum atomic E-state index is -0.278. The van der Waals surface area contributed by atoms with Crippen molar-refractivity contribution in [3.63, 3.8) is 0 Å². The summed E-state index contributed by atoms with van der Waals surface area (Å²) in [7, 11) is 0. The maximum absolute atomic E-state index is 12.0. The third-order valence-corrected chi connectivity index (χ3v) is 3.79. The number of pyridine rings is 1. The summed E-state index contributed by atoms with van der Waals surface area (Å²) < 4.78 is 5.83. The van der Waals surface area contributed by atoms with Crippen molar-refractivity contribution in [1.29, 1.82) is 0 Å². The van der Waals surface area contributed by atoms with Gasteiger partial charge in [-0.3, -0.25) is 4.79 Å². The van der Waals surface area contributed by atoms with Crippen LogP contribution in [0.25, 0.3) is 10.8 Å². The van der Waals surface area contributed by atoms with Crippen molar-refractivity contribution in [2.75, 3.05) is 6.61 Å². The zero-order valence-corrected chi connectivity index (χ0v) is 13.3. The molecular formula is C19H18N2O3. The van der Waals surface area contributed by atoms with Gasteiger partial charge in [0.05, 0.1) is 12.1 Å². The van der Waals surface area contributed by atoms with E-state index in [0.717, 1.165) is 16.3 Å². The molecule has 0 aliphatic rings. The monoisotopic (exact) mass is 322 g/mol. The Hall–Kier alpha value is -3.08. The molecule has 0 saturated heterocycles. The van der Waals surface area contributed by atoms with Crippen molar-refractivity contribution < 1.29 is 14.3 Å². The van der Waals surface area contributed by atoms with Crippen LogP contribution in [0, 0.1) is 5.21 Å². The molecular weight excluding hydrogens is 304 g/mol. The number of nitrogens with one attached hydrogen (secondary N) is 1. The second-order valence-electron chi connectivity index (χ2n) is 5.55. The van der Waals surface area contributed by atoms with Crippen LogP contribution in [0.1, 0.15) is 18.5 Å². The molecule has 0 aliphatic heterocycles. The first-order valence-electron chi connectivity index (χ1n) is 7.72. The second kappa shape index (κ2) is 7.00. The topological polar surface area (TPSA) is 65.3 Å². The Kier molecular flexibility index (Phi) is 4.61. The number of carbonyl (C=O) groups is 1. The number of amides is 1. The molecule has 1 atom stereocenters. The van der Waals surface area contributed by atoms with Crippen LogP contribution < -0.4 is 14.8 Å². The summed E-state index contributed by atoms with van der Waals surface area (Å²) in [5.41, 5.74) is 1.01. The number of fused-ring (bicyclic) bond motifs is 1. The molecule has 2 aromatic carbocycles. The Bertz CT molecular complexity index is 864. The molecule has 1 aromatic heterocycles. The minimum absolute atomic E-state index is 0.103. The van der Waals surface area contributed by atoms with Crippen molar-refractivity contribution in [3.8, 4) is 5.88 Å². The fourth-order valence-electron chi connectivity index (χ4n) is 2.51. The van der Waals surface area contributed by atoms with Crippen molar-refractivity contribution >= 4 is 16.7 Å². The molecule has 0 fully saturated rings. The largest absolute Gasteiger partial charge is 0.616 e. The average Bonchev–Trinajstić information content (AvgIpc) is 2.60. The molecule has 122 valence electrons. The van der Waals surface area contributed by atoms with Gasteiger partial charge in [-0.1, -0.05) is 36.4 Å². The molecule has 3 aromatic rings. The van der Waals surface area contributed by atoms with E-state index in [9.17, 15) is 10.0 Å². The molecule has 5 nitrogen and oxygen atoms in total. The van der Waals surface area contributed by atoms with Gasteiger partial charge in [-0.25, -0.2) is 0 Å². The van der Waals surface area contributed by atoms with Gasteiger partial charge < -0.3 is 15.3 Å². The van der Waals surface area contributed by atoms with Gasteiger partial charge in [-0.15, -0.1) is 4.73 Å². The van der Waals surface area contributed by atoms with Crippen LogP contribution in [0.2, 0.25) is 0 Å². The first-order chi connectivity index (χ1) is 11.6. The number of hydrogen-bond acceptors (Lipinski definition) is 3. The number of benzene rings is 2. The Labute approximate surface area is 140 Å². The number of nitrogens with zero attached hydrogens (tertiary/aromatic N) is 1. The molecule has 0 saturated carbocycles. The third-order valence-electron chi connectivity index (χ3n) is 3.79. The molecule has 0 radical (unpaired) electrons. The van der Waals surface area contributed by atoms with Crippen LogP contribution in [0.4, 0.5) is 0 Å². The Morgan fingerprint density at radius 3 is 2.67 bits per heavy atom. The lowest BCUT2D eigenvalue weighted by Crippen LogP contribution is -2.34. The quantitative estimate of drug-likeness (QED) is 0.580. The van der Waals surface area contributed by atoms with E-state index in [1.165, 1.54) is 12.3 Å². The molecule has 0 aliphatic carbocycles. The van der Waals surface area contributed by atoms with E-state index in [1.54, 1.807) is 12.1 Å². The van der Waals surface area contributed by atoms with E-state index in [2.05, 4.69) is 11.4 Å². The number of ether oxygens (including phenoxy) is 1. The number of carbonyl (C=O) groups excluding carboxylic acids is 1. The highest BCUT2D eigenvalue weighted by Gasteiger charge is 2.12. The summed E-state index contributed by atoms with van der Waals surface area (Å²) >= 11 is 0. The fourth-order valence-corrected chi connectivity index (χ4v) is 2.51. The lowest BCUT2D eigenvalue weighted by atomic mass is 10.0. The highest BCUT2D eigenvalue weighted by atomic mass is 16.6.